The lowest BCUT2D eigenvalue weighted by Gasteiger charge is -2.48. The third-order valence-electron chi connectivity index (χ3n) is 4.88. The molecule has 0 saturated heterocycles. The Morgan fingerprint density at radius 2 is 1.33 bits per heavy atom. The molecule has 0 radical (unpaired) electrons. The molecule has 0 aliphatic rings. The van der Waals surface area contributed by atoms with Gasteiger partial charge < -0.3 is 0 Å². The molecule has 0 heteroatoms. The maximum absolute atomic E-state index is 2.49. The Bertz CT molecular complexity index is 175. The minimum absolute atomic E-state index is 0.409. The van der Waals surface area contributed by atoms with Gasteiger partial charge in [0.1, 0.15) is 0 Å². The van der Waals surface area contributed by atoms with E-state index in [9.17, 15) is 0 Å². The summed E-state index contributed by atoms with van der Waals surface area (Å²) in [5.74, 6) is 1.66. The third kappa shape index (κ3) is 3.50. The van der Waals surface area contributed by atoms with Crippen LogP contribution in [0.5, 0.6) is 0 Å². The molecule has 0 aromatic carbocycles. The van der Waals surface area contributed by atoms with E-state index in [0.717, 1.165) is 11.8 Å². The highest BCUT2D eigenvalue weighted by molar-refractivity contribution is 4.90. The highest BCUT2D eigenvalue weighted by Gasteiger charge is 2.41. The first-order valence-electron chi connectivity index (χ1n) is 6.69. The fourth-order valence-electron chi connectivity index (χ4n) is 2.57. The van der Waals surface area contributed by atoms with Gasteiger partial charge in [-0.15, -0.1) is 0 Å². The van der Waals surface area contributed by atoms with Gasteiger partial charge in [0, 0.05) is 0 Å². The van der Waals surface area contributed by atoms with Crippen molar-refractivity contribution in [1.82, 2.24) is 0 Å². The lowest BCUT2D eigenvalue weighted by Crippen LogP contribution is -2.39. The van der Waals surface area contributed by atoms with Crippen molar-refractivity contribution in [1.29, 1.82) is 0 Å². The molecule has 0 spiro atoms. The summed E-state index contributed by atoms with van der Waals surface area (Å²) in [5.41, 5.74) is 0.878. The van der Waals surface area contributed by atoms with E-state index in [-0.39, 0.29) is 0 Å². The maximum Gasteiger partial charge on any atom is -0.0249 e. The number of rotatable bonds is 5. The van der Waals surface area contributed by atoms with Crippen LogP contribution in [0.4, 0.5) is 0 Å². The molecule has 0 nitrogen and oxygen atoms in total. The molecule has 3 atom stereocenters. The molecule has 0 aliphatic heterocycles. The molecule has 0 heterocycles. The van der Waals surface area contributed by atoms with E-state index in [2.05, 4.69) is 55.4 Å². The van der Waals surface area contributed by atoms with E-state index in [1.807, 2.05) is 0 Å². The normalized spacial score (nSPS) is 20.8. The first-order valence-corrected chi connectivity index (χ1v) is 6.69. The standard InChI is InChI=1S/C15H32/c1-9-12(3)11-15(8,13(4)10-2)14(5,6)7/h12-13H,9-11H2,1-8H3. The molecule has 0 amide bonds. The molecule has 0 bridgehead atoms. The van der Waals surface area contributed by atoms with Gasteiger partial charge in [-0.1, -0.05) is 68.2 Å². The van der Waals surface area contributed by atoms with E-state index >= 15 is 0 Å². The summed E-state index contributed by atoms with van der Waals surface area (Å²) in [5, 5.41) is 0. The van der Waals surface area contributed by atoms with E-state index in [1.165, 1.54) is 19.3 Å². The van der Waals surface area contributed by atoms with E-state index in [1.54, 1.807) is 0 Å². The Morgan fingerprint density at radius 1 is 0.867 bits per heavy atom. The average molecular weight is 212 g/mol. The number of hydrogen-bond acceptors (Lipinski definition) is 0. The van der Waals surface area contributed by atoms with Crippen LogP contribution in [-0.2, 0) is 0 Å². The summed E-state index contributed by atoms with van der Waals surface area (Å²) in [7, 11) is 0. The van der Waals surface area contributed by atoms with E-state index < -0.39 is 0 Å². The summed E-state index contributed by atoms with van der Waals surface area (Å²) >= 11 is 0. The van der Waals surface area contributed by atoms with Crippen molar-refractivity contribution in [2.45, 2.75) is 74.7 Å². The molecule has 0 fully saturated rings. The molecule has 0 saturated carbocycles. The highest BCUT2D eigenvalue weighted by Crippen LogP contribution is 2.50. The molecule has 0 aromatic heterocycles. The fourth-order valence-corrected chi connectivity index (χ4v) is 2.57. The molecule has 0 aromatic rings. The SMILES string of the molecule is CCC(C)CC(C)(C(C)CC)C(C)(C)C. The van der Waals surface area contributed by atoms with Crippen LogP contribution >= 0.6 is 0 Å². The number of hydrogen-bond donors (Lipinski definition) is 0. The van der Waals surface area contributed by atoms with Crippen LogP contribution in [0.25, 0.3) is 0 Å². The fraction of sp³-hybridized carbons (Fsp3) is 1.00. The van der Waals surface area contributed by atoms with Gasteiger partial charge in [0.05, 0.1) is 0 Å². The van der Waals surface area contributed by atoms with Crippen LogP contribution in [-0.4, -0.2) is 0 Å². The molecule has 0 rings (SSSR count). The Hall–Kier alpha value is 0. The zero-order valence-corrected chi connectivity index (χ0v) is 12.3. The van der Waals surface area contributed by atoms with Gasteiger partial charge in [-0.05, 0) is 29.1 Å². The largest absolute Gasteiger partial charge is 0.0651 e. The maximum atomic E-state index is 2.49. The van der Waals surface area contributed by atoms with Crippen molar-refractivity contribution in [2.75, 3.05) is 0 Å². The lowest BCUT2D eigenvalue weighted by molar-refractivity contribution is 0.0152. The third-order valence-corrected chi connectivity index (χ3v) is 4.88. The second-order valence-electron chi connectivity index (χ2n) is 6.69. The van der Waals surface area contributed by atoms with Gasteiger partial charge in [0.25, 0.3) is 0 Å². The van der Waals surface area contributed by atoms with Gasteiger partial charge in [-0.2, -0.15) is 0 Å². The predicted molar refractivity (Wildman–Crippen MR) is 71.1 cm³/mol. The van der Waals surface area contributed by atoms with Crippen molar-refractivity contribution in [3.8, 4) is 0 Å². The minimum atomic E-state index is 0.409. The van der Waals surface area contributed by atoms with E-state index in [4.69, 9.17) is 0 Å². The molecule has 3 unspecified atom stereocenters. The molecular weight excluding hydrogens is 180 g/mol. The van der Waals surface area contributed by atoms with Crippen LogP contribution in [0.2, 0.25) is 0 Å². The molecule has 92 valence electrons. The Morgan fingerprint density at radius 3 is 1.60 bits per heavy atom. The first-order chi connectivity index (χ1) is 6.69. The Balaban J connectivity index is 4.87. The van der Waals surface area contributed by atoms with Gasteiger partial charge in [0.2, 0.25) is 0 Å². The van der Waals surface area contributed by atoms with Crippen LogP contribution in [0, 0.1) is 22.7 Å². The summed E-state index contributed by atoms with van der Waals surface area (Å²) in [6.07, 6.45) is 3.97. The lowest BCUT2D eigenvalue weighted by atomic mass is 9.57. The molecule has 0 aliphatic carbocycles. The monoisotopic (exact) mass is 212 g/mol. The minimum Gasteiger partial charge on any atom is -0.0651 e. The topological polar surface area (TPSA) is 0 Å². The van der Waals surface area contributed by atoms with Crippen LogP contribution in [0.15, 0.2) is 0 Å². The van der Waals surface area contributed by atoms with Crippen molar-refractivity contribution < 1.29 is 0 Å². The van der Waals surface area contributed by atoms with Gasteiger partial charge in [-0.3, -0.25) is 0 Å². The molecule has 15 heavy (non-hydrogen) atoms. The summed E-state index contributed by atoms with van der Waals surface area (Å²) < 4.78 is 0. The highest BCUT2D eigenvalue weighted by atomic mass is 14.5. The second-order valence-corrected chi connectivity index (χ2v) is 6.69. The van der Waals surface area contributed by atoms with Gasteiger partial charge >= 0.3 is 0 Å². The quantitative estimate of drug-likeness (QED) is 0.563. The van der Waals surface area contributed by atoms with Crippen molar-refractivity contribution >= 4 is 0 Å². The zero-order chi connectivity index (χ0) is 12.3. The zero-order valence-electron chi connectivity index (χ0n) is 12.3. The second kappa shape index (κ2) is 5.37. The Kier molecular flexibility index (Phi) is 5.37. The first kappa shape index (κ1) is 15.0. The summed E-state index contributed by atoms with van der Waals surface area (Å²) in [6, 6.07) is 0. The smallest absolute Gasteiger partial charge is 0.0249 e. The van der Waals surface area contributed by atoms with Crippen molar-refractivity contribution in [2.24, 2.45) is 22.7 Å². The van der Waals surface area contributed by atoms with Gasteiger partial charge in [0.15, 0.2) is 0 Å². The Labute approximate surface area is 97.8 Å². The van der Waals surface area contributed by atoms with Gasteiger partial charge in [-0.25, -0.2) is 0 Å². The van der Waals surface area contributed by atoms with Crippen molar-refractivity contribution in [3.05, 3.63) is 0 Å². The molecule has 0 N–H and O–H groups in total. The summed E-state index contributed by atoms with van der Waals surface area (Å²) in [4.78, 5) is 0. The summed E-state index contributed by atoms with van der Waals surface area (Å²) in [6.45, 7) is 19.2. The molecular formula is C15H32. The predicted octanol–water partition coefficient (Wildman–Crippen LogP) is 5.52. The van der Waals surface area contributed by atoms with Crippen LogP contribution in [0.1, 0.15) is 74.7 Å². The van der Waals surface area contributed by atoms with Crippen molar-refractivity contribution in [3.63, 3.8) is 0 Å². The van der Waals surface area contributed by atoms with Crippen LogP contribution < -0.4 is 0 Å². The van der Waals surface area contributed by atoms with E-state index in [0.29, 0.717) is 10.8 Å². The van der Waals surface area contributed by atoms with Crippen LogP contribution in [0.3, 0.4) is 0 Å². The average Bonchev–Trinajstić information content (AvgIpc) is 2.14.